The zero-order valence-corrected chi connectivity index (χ0v) is 21.8. The van der Waals surface area contributed by atoms with E-state index in [-0.39, 0.29) is 37.0 Å². The molecule has 7 aromatic rings. The number of pyridine rings is 1. The van der Waals surface area contributed by atoms with Gasteiger partial charge < -0.3 is 13.5 Å². The summed E-state index contributed by atoms with van der Waals surface area (Å²) in [5.41, 5.74) is 4.11. The first-order valence-electron chi connectivity index (χ1n) is 12.0. The van der Waals surface area contributed by atoms with Crippen molar-refractivity contribution in [2.75, 3.05) is 4.41 Å². The Morgan fingerprint density at radius 3 is 2.38 bits per heavy atom. The number of aromatic amines is 2. The molecule has 8 rings (SSSR count). The highest BCUT2D eigenvalue weighted by molar-refractivity contribution is 8.71. The van der Waals surface area contributed by atoms with Gasteiger partial charge in [-0.3, -0.25) is 5.43 Å². The summed E-state index contributed by atoms with van der Waals surface area (Å²) in [7, 11) is -5.76. The summed E-state index contributed by atoms with van der Waals surface area (Å²) in [4.78, 5) is 19.6. The molecule has 0 fully saturated rings. The van der Waals surface area contributed by atoms with Crippen molar-refractivity contribution in [3.05, 3.63) is 91.7 Å². The quantitative estimate of drug-likeness (QED) is 0.226. The summed E-state index contributed by atoms with van der Waals surface area (Å²) in [6, 6.07) is 8.61. The standard InChI is InChI=1S/C22H16N16O3S/c1-2-6-23-16(4-1)42(17-13-41-37-29-17,22-30-35-36-31-22,21-25-7-3-8-26-21)19(20-24-9-11-39-20)18(14-5-10-40-33-14)32-38(42)15-12-27-34-28-15/h1-13,32H,(H,27,28,34)(H,30,31,35,36). The number of nitrogens with one attached hydrogen (secondary N) is 3. The van der Waals surface area contributed by atoms with Crippen LogP contribution >= 0.6 is 8.48 Å². The molecule has 19 nitrogen and oxygen atoms in total. The van der Waals surface area contributed by atoms with Crippen LogP contribution in [0.2, 0.25) is 0 Å². The maximum Gasteiger partial charge on any atom is 0.237 e. The molecule has 0 unspecified atom stereocenters. The molecule has 1 aliphatic rings. The molecule has 1 aliphatic heterocycles. The van der Waals surface area contributed by atoms with Crippen molar-refractivity contribution in [2.45, 2.75) is 20.4 Å². The molecular formula is C22H16N16O3S. The van der Waals surface area contributed by atoms with Crippen LogP contribution in [-0.4, -0.2) is 71.5 Å². The van der Waals surface area contributed by atoms with E-state index in [0.717, 1.165) is 0 Å². The van der Waals surface area contributed by atoms with E-state index in [0.29, 0.717) is 11.4 Å². The van der Waals surface area contributed by atoms with Gasteiger partial charge >= 0.3 is 0 Å². The third-order valence-corrected chi connectivity index (χ3v) is 14.3. The molecule has 0 radical (unpaired) electrons. The van der Waals surface area contributed by atoms with E-state index in [1.807, 2.05) is 0 Å². The average molecular weight is 585 g/mol. The molecule has 20 heteroatoms. The lowest BCUT2D eigenvalue weighted by Gasteiger charge is -2.72. The topological polar surface area (TPSA) is 241 Å². The molecule has 0 aliphatic carbocycles. The number of oxazole rings is 1. The molecule has 0 amide bonds. The number of H-pyrrole nitrogens is 2. The van der Waals surface area contributed by atoms with Crippen LogP contribution in [0.1, 0.15) is 11.6 Å². The molecule has 0 saturated carbocycles. The fourth-order valence-electron chi connectivity index (χ4n) is 5.59. The monoisotopic (exact) mass is 584 g/mol. The second-order valence-electron chi connectivity index (χ2n) is 8.77. The molecule has 42 heavy (non-hydrogen) atoms. The molecule has 0 saturated heterocycles. The van der Waals surface area contributed by atoms with Gasteiger partial charge in [-0.05, 0) is 23.4 Å². The van der Waals surface area contributed by atoms with E-state index in [2.05, 4.69) is 62.0 Å². The highest BCUT2D eigenvalue weighted by Gasteiger charge is 2.86. The molecule has 7 aromatic heterocycles. The molecule has 0 atom stereocenters. The van der Waals surface area contributed by atoms with Crippen LogP contribution in [0, 0.1) is 0 Å². The number of rotatable bonds is 7. The summed E-state index contributed by atoms with van der Waals surface area (Å²) in [6.45, 7) is 0. The maximum atomic E-state index is 6.10. The molecule has 3 N–H and O–H groups in total. The predicted molar refractivity (Wildman–Crippen MR) is 137 cm³/mol. The first kappa shape index (κ1) is 23.6. The van der Waals surface area contributed by atoms with E-state index in [1.165, 1.54) is 31.2 Å². The van der Waals surface area contributed by atoms with Crippen molar-refractivity contribution in [2.24, 2.45) is 0 Å². The van der Waals surface area contributed by atoms with Crippen LogP contribution < -0.4 is 9.84 Å². The van der Waals surface area contributed by atoms with Gasteiger partial charge in [0.15, 0.2) is 22.3 Å². The Kier molecular flexibility index (Phi) is 4.55. The Labute approximate surface area is 231 Å². The van der Waals surface area contributed by atoms with Gasteiger partial charge in [0.25, 0.3) is 0 Å². The summed E-state index contributed by atoms with van der Waals surface area (Å²) >= 11 is 0. The van der Waals surface area contributed by atoms with Crippen LogP contribution in [0.15, 0.2) is 114 Å². The van der Waals surface area contributed by atoms with Gasteiger partial charge in [0.05, 0.1) is 12.4 Å². The third-order valence-electron chi connectivity index (χ3n) is 7.09. The van der Waals surface area contributed by atoms with Gasteiger partial charge in [-0.1, -0.05) is 11.2 Å². The minimum atomic E-state index is -5.76. The van der Waals surface area contributed by atoms with Gasteiger partial charge in [-0.2, -0.15) is 15.5 Å². The lowest BCUT2D eigenvalue weighted by molar-refractivity contribution is 0.392. The van der Waals surface area contributed by atoms with Crippen LogP contribution in [-0.2, 0) is 0 Å². The van der Waals surface area contributed by atoms with Crippen LogP contribution in [0.25, 0.3) is 10.6 Å². The first-order chi connectivity index (χ1) is 20.8. The third kappa shape index (κ3) is 2.32. The van der Waals surface area contributed by atoms with E-state index in [9.17, 15) is 0 Å². The van der Waals surface area contributed by atoms with Gasteiger partial charge in [0.1, 0.15) is 33.8 Å². The molecule has 0 aromatic carbocycles. The Bertz CT molecular complexity index is 1920. The lowest BCUT2D eigenvalue weighted by atomic mass is 10.3. The number of anilines is 1. The van der Waals surface area contributed by atoms with Crippen molar-refractivity contribution in [3.63, 3.8) is 0 Å². The van der Waals surface area contributed by atoms with Gasteiger partial charge in [-0.15, -0.1) is 20.4 Å². The van der Waals surface area contributed by atoms with Crippen LogP contribution in [0.5, 0.6) is 0 Å². The summed E-state index contributed by atoms with van der Waals surface area (Å²) in [6.07, 6.45) is 11.9. The number of tetrazole rings is 1. The minimum Gasteiger partial charge on any atom is -0.444 e. The predicted octanol–water partition coefficient (Wildman–Crippen LogP) is 1.74. The summed E-state index contributed by atoms with van der Waals surface area (Å²) in [5, 5.41) is 40.4. The Morgan fingerprint density at radius 2 is 1.71 bits per heavy atom. The average Bonchev–Trinajstić information content (AvgIpc) is 3.89. The molecule has 208 valence electrons. The van der Waals surface area contributed by atoms with Crippen molar-refractivity contribution in [3.8, 4) is 0 Å². The highest BCUT2D eigenvalue weighted by Crippen LogP contribution is 3.11. The molecule has 8 heterocycles. The summed E-state index contributed by atoms with van der Waals surface area (Å²) in [5.74, 6) is 0.296. The Hall–Kier alpha value is -6.31. The van der Waals surface area contributed by atoms with E-state index >= 15 is 0 Å². The van der Waals surface area contributed by atoms with Crippen molar-refractivity contribution in [1.29, 1.82) is 0 Å². The second kappa shape index (κ2) is 8.11. The minimum absolute atomic E-state index is 0.00204. The Balaban J connectivity index is 1.82. The largest absolute Gasteiger partial charge is 0.444 e. The normalized spacial score (nSPS) is 18.5. The number of aromatic nitrogens is 14. The zero-order chi connectivity index (χ0) is 28.1. The van der Waals surface area contributed by atoms with Gasteiger partial charge in [0.2, 0.25) is 11.0 Å². The second-order valence-corrected chi connectivity index (χ2v) is 14.1. The molecule has 0 spiro atoms. The van der Waals surface area contributed by atoms with Crippen LogP contribution in [0.4, 0.5) is 5.82 Å². The van der Waals surface area contributed by atoms with Crippen molar-refractivity contribution < 1.29 is 13.5 Å². The first-order valence-corrected chi connectivity index (χ1v) is 14.4. The van der Waals surface area contributed by atoms with E-state index in [1.54, 1.807) is 53.3 Å². The number of nitrogens with zero attached hydrogens (tertiary/aromatic N) is 13. The van der Waals surface area contributed by atoms with E-state index in [4.69, 9.17) is 28.4 Å². The summed E-state index contributed by atoms with van der Waals surface area (Å²) < 4.78 is 18.5. The molecule has 0 bridgehead atoms. The van der Waals surface area contributed by atoms with E-state index < -0.39 is 8.48 Å². The Morgan fingerprint density at radius 1 is 0.786 bits per heavy atom. The number of hydrogen-bond donors (Lipinski definition) is 3. The van der Waals surface area contributed by atoms with Gasteiger partial charge in [-0.25, -0.2) is 24.4 Å². The van der Waals surface area contributed by atoms with Crippen LogP contribution in [0.3, 0.4) is 0 Å². The molecular weight excluding hydrogens is 568 g/mol. The SMILES string of the molecule is c1ccc(S2(c3conn3)(c3ncccn3)(c3nn[nH]n3)C(c3ncco3)=C(c3ccon3)NN2c2cn[nH]n2)nc1. The van der Waals surface area contributed by atoms with Crippen molar-refractivity contribution >= 4 is 24.9 Å². The van der Waals surface area contributed by atoms with Gasteiger partial charge in [0, 0.05) is 38.4 Å². The number of hydrazine groups is 1. The van der Waals surface area contributed by atoms with Crippen molar-refractivity contribution in [1.82, 2.24) is 76.9 Å². The highest BCUT2D eigenvalue weighted by atomic mass is 32.4. The number of hydrogen-bond acceptors (Lipinski definition) is 17. The zero-order valence-electron chi connectivity index (χ0n) is 21.0. The lowest BCUT2D eigenvalue weighted by Crippen LogP contribution is -2.56. The fourth-order valence-corrected chi connectivity index (χ4v) is 12.8. The fraction of sp³-hybridized carbons (Fsp3) is 0. The maximum absolute atomic E-state index is 6.10. The smallest absolute Gasteiger partial charge is 0.237 e.